The number of nitrogens with one attached hydrogen (secondary N) is 1. The number of nitrogens with zero attached hydrogens (tertiary/aromatic N) is 2. The van der Waals surface area contributed by atoms with Crippen LogP contribution in [0.3, 0.4) is 0 Å². The third kappa shape index (κ3) is 4.67. The van der Waals surface area contributed by atoms with Gasteiger partial charge in [-0.3, -0.25) is 9.59 Å². The zero-order chi connectivity index (χ0) is 21.0. The second-order valence-corrected chi connectivity index (χ2v) is 7.64. The normalized spacial score (nSPS) is 16.7. The molecule has 0 bridgehead atoms. The first-order valence-corrected chi connectivity index (χ1v) is 10.0. The number of hydrogen-bond donors (Lipinski definition) is 1. The van der Waals surface area contributed by atoms with Crippen molar-refractivity contribution in [3.05, 3.63) is 40.6 Å². The molecule has 7 nitrogen and oxygen atoms in total. The van der Waals surface area contributed by atoms with Gasteiger partial charge in [0.15, 0.2) is 11.5 Å². The van der Waals surface area contributed by atoms with Crippen molar-refractivity contribution in [3.8, 4) is 11.3 Å². The van der Waals surface area contributed by atoms with Gasteiger partial charge < -0.3 is 19.5 Å². The van der Waals surface area contributed by atoms with E-state index in [9.17, 15) is 9.59 Å². The van der Waals surface area contributed by atoms with Gasteiger partial charge in [0.25, 0.3) is 5.91 Å². The Bertz CT molecular complexity index is 867. The summed E-state index contributed by atoms with van der Waals surface area (Å²) in [6.07, 6.45) is 2.43. The standard InChI is InChI=1S/C22H29N3O4/c1-14-11-15(2)20(16(3)12-14)19-13-17(24-29-19)22(27)25-9-6-5-7-18(25)21(26)23-8-10-28-4/h11-13,18H,5-10H2,1-4H3,(H,23,26). The maximum atomic E-state index is 13.1. The number of hydrogen-bond acceptors (Lipinski definition) is 5. The maximum absolute atomic E-state index is 13.1. The monoisotopic (exact) mass is 399 g/mol. The molecule has 2 amide bonds. The van der Waals surface area contributed by atoms with Crippen molar-refractivity contribution in [2.24, 2.45) is 0 Å². The Hall–Kier alpha value is -2.67. The lowest BCUT2D eigenvalue weighted by molar-refractivity contribution is -0.126. The number of benzene rings is 1. The molecule has 7 heteroatoms. The molecule has 0 spiro atoms. The lowest BCUT2D eigenvalue weighted by Gasteiger charge is -2.34. The van der Waals surface area contributed by atoms with E-state index < -0.39 is 6.04 Å². The van der Waals surface area contributed by atoms with Crippen LogP contribution in [-0.2, 0) is 9.53 Å². The molecule has 1 aliphatic rings. The molecule has 1 unspecified atom stereocenters. The van der Waals surface area contributed by atoms with Gasteiger partial charge in [-0.1, -0.05) is 22.9 Å². The first-order valence-electron chi connectivity index (χ1n) is 10.0. The Kier molecular flexibility index (Phi) is 6.69. The Balaban J connectivity index is 1.80. The Morgan fingerprint density at radius 2 is 1.93 bits per heavy atom. The fourth-order valence-corrected chi connectivity index (χ4v) is 4.05. The van der Waals surface area contributed by atoms with Crippen molar-refractivity contribution < 1.29 is 18.8 Å². The number of aryl methyl sites for hydroxylation is 3. The number of likely N-dealkylation sites (tertiary alicyclic amines) is 1. The summed E-state index contributed by atoms with van der Waals surface area (Å²) in [5, 5.41) is 6.86. The summed E-state index contributed by atoms with van der Waals surface area (Å²) in [5.74, 6) is 0.152. The highest BCUT2D eigenvalue weighted by Crippen LogP contribution is 2.30. The first-order chi connectivity index (χ1) is 13.9. The quantitative estimate of drug-likeness (QED) is 0.755. The van der Waals surface area contributed by atoms with Crippen LogP contribution in [0.4, 0.5) is 0 Å². The van der Waals surface area contributed by atoms with Crippen LogP contribution in [0, 0.1) is 20.8 Å². The van der Waals surface area contributed by atoms with Gasteiger partial charge in [-0.25, -0.2) is 0 Å². The molecular formula is C22H29N3O4. The highest BCUT2D eigenvalue weighted by atomic mass is 16.5. The van der Waals surface area contributed by atoms with Crippen molar-refractivity contribution in [1.82, 2.24) is 15.4 Å². The molecule has 1 aliphatic heterocycles. The molecule has 2 heterocycles. The molecule has 2 aromatic rings. The van der Waals surface area contributed by atoms with Crippen molar-refractivity contribution in [3.63, 3.8) is 0 Å². The largest absolute Gasteiger partial charge is 0.383 e. The van der Waals surface area contributed by atoms with E-state index in [0.717, 1.165) is 29.5 Å². The summed E-state index contributed by atoms with van der Waals surface area (Å²) in [4.78, 5) is 27.3. The number of rotatable bonds is 6. The van der Waals surface area contributed by atoms with Crippen LogP contribution in [0.25, 0.3) is 11.3 Å². The third-order valence-corrected chi connectivity index (χ3v) is 5.32. The molecule has 0 saturated carbocycles. The second kappa shape index (κ2) is 9.22. The van der Waals surface area contributed by atoms with Gasteiger partial charge in [0, 0.05) is 31.8 Å². The van der Waals surface area contributed by atoms with Crippen molar-refractivity contribution >= 4 is 11.8 Å². The predicted molar refractivity (Wildman–Crippen MR) is 110 cm³/mol. The van der Waals surface area contributed by atoms with E-state index in [1.807, 2.05) is 20.8 Å². The fourth-order valence-electron chi connectivity index (χ4n) is 4.05. The predicted octanol–water partition coefficient (Wildman–Crippen LogP) is 3.02. The van der Waals surface area contributed by atoms with Crippen LogP contribution in [0.1, 0.15) is 46.4 Å². The van der Waals surface area contributed by atoms with Gasteiger partial charge in [0.1, 0.15) is 6.04 Å². The molecule has 1 N–H and O–H groups in total. The van der Waals surface area contributed by atoms with Crippen LogP contribution in [0.15, 0.2) is 22.7 Å². The van der Waals surface area contributed by atoms with E-state index >= 15 is 0 Å². The molecule has 1 fully saturated rings. The molecule has 1 saturated heterocycles. The van der Waals surface area contributed by atoms with Crippen LogP contribution < -0.4 is 5.32 Å². The second-order valence-electron chi connectivity index (χ2n) is 7.64. The average Bonchev–Trinajstić information content (AvgIpc) is 3.16. The SMILES string of the molecule is COCCNC(=O)C1CCCCN1C(=O)c1cc(-c2c(C)cc(C)cc2C)on1. The number of aromatic nitrogens is 1. The van der Waals surface area contributed by atoms with Crippen LogP contribution in [0.2, 0.25) is 0 Å². The van der Waals surface area contributed by atoms with Crippen LogP contribution >= 0.6 is 0 Å². The smallest absolute Gasteiger partial charge is 0.276 e. The minimum Gasteiger partial charge on any atom is -0.383 e. The summed E-state index contributed by atoms with van der Waals surface area (Å²) in [5.41, 5.74) is 4.51. The highest BCUT2D eigenvalue weighted by Gasteiger charge is 2.34. The number of amides is 2. The summed E-state index contributed by atoms with van der Waals surface area (Å²) in [7, 11) is 1.59. The van der Waals surface area contributed by atoms with Gasteiger partial charge >= 0.3 is 0 Å². The summed E-state index contributed by atoms with van der Waals surface area (Å²) >= 11 is 0. The van der Waals surface area contributed by atoms with E-state index in [2.05, 4.69) is 22.6 Å². The molecular weight excluding hydrogens is 370 g/mol. The minimum absolute atomic E-state index is 0.149. The number of methoxy groups -OCH3 is 1. The van der Waals surface area contributed by atoms with E-state index in [0.29, 0.717) is 31.9 Å². The molecule has 3 rings (SSSR count). The highest BCUT2D eigenvalue weighted by molar-refractivity contribution is 5.97. The Morgan fingerprint density at radius 1 is 1.21 bits per heavy atom. The van der Waals surface area contributed by atoms with Gasteiger partial charge in [-0.2, -0.15) is 0 Å². The molecule has 1 aromatic heterocycles. The number of carbonyl (C=O) groups excluding carboxylic acids is 2. The number of piperidine rings is 1. The van der Waals surface area contributed by atoms with Crippen molar-refractivity contribution in [1.29, 1.82) is 0 Å². The summed E-state index contributed by atoms with van der Waals surface area (Å²) < 4.78 is 10.5. The zero-order valence-electron chi connectivity index (χ0n) is 17.6. The van der Waals surface area contributed by atoms with Gasteiger partial charge in [0.2, 0.25) is 5.91 Å². The summed E-state index contributed by atoms with van der Waals surface area (Å²) in [6.45, 7) is 7.48. The Labute approximate surface area is 171 Å². The van der Waals surface area contributed by atoms with E-state index in [1.165, 1.54) is 5.56 Å². The van der Waals surface area contributed by atoms with Gasteiger partial charge in [0.05, 0.1) is 6.61 Å². The van der Waals surface area contributed by atoms with Crippen LogP contribution in [0.5, 0.6) is 0 Å². The molecule has 1 aromatic carbocycles. The number of ether oxygens (including phenoxy) is 1. The summed E-state index contributed by atoms with van der Waals surface area (Å²) in [6, 6.07) is 5.35. The Morgan fingerprint density at radius 3 is 2.62 bits per heavy atom. The van der Waals surface area contributed by atoms with E-state index in [4.69, 9.17) is 9.26 Å². The first kappa shape index (κ1) is 21.0. The lowest BCUT2D eigenvalue weighted by atomic mass is 9.97. The van der Waals surface area contributed by atoms with E-state index in [-0.39, 0.29) is 17.5 Å². The molecule has 1 atom stereocenters. The fraction of sp³-hybridized carbons (Fsp3) is 0.500. The molecule has 0 aliphatic carbocycles. The zero-order valence-corrected chi connectivity index (χ0v) is 17.6. The van der Waals surface area contributed by atoms with Gasteiger partial charge in [-0.15, -0.1) is 0 Å². The molecule has 29 heavy (non-hydrogen) atoms. The lowest BCUT2D eigenvalue weighted by Crippen LogP contribution is -2.52. The van der Waals surface area contributed by atoms with Gasteiger partial charge in [-0.05, 0) is 51.2 Å². The van der Waals surface area contributed by atoms with Crippen molar-refractivity contribution in [2.45, 2.75) is 46.1 Å². The average molecular weight is 399 g/mol. The number of carbonyl (C=O) groups is 2. The van der Waals surface area contributed by atoms with Crippen LogP contribution in [-0.4, -0.2) is 54.7 Å². The molecule has 0 radical (unpaired) electrons. The third-order valence-electron chi connectivity index (χ3n) is 5.32. The molecule has 156 valence electrons. The maximum Gasteiger partial charge on any atom is 0.276 e. The minimum atomic E-state index is -0.490. The topological polar surface area (TPSA) is 84.7 Å². The van der Waals surface area contributed by atoms with Crippen molar-refractivity contribution in [2.75, 3.05) is 26.8 Å². The van der Waals surface area contributed by atoms with E-state index in [1.54, 1.807) is 18.1 Å².